The summed E-state index contributed by atoms with van der Waals surface area (Å²) < 4.78 is 5.30. The average molecular weight is 283 g/mol. The van der Waals surface area contributed by atoms with Gasteiger partial charge in [-0.25, -0.2) is 0 Å². The van der Waals surface area contributed by atoms with Crippen LogP contribution in [0.2, 0.25) is 5.02 Å². The highest BCUT2D eigenvalue weighted by atomic mass is 35.5. The molecule has 2 rings (SSSR count). The molecule has 1 amide bonds. The second-order valence-electron chi connectivity index (χ2n) is 3.49. The van der Waals surface area contributed by atoms with Crippen LogP contribution < -0.4 is 15.8 Å². The van der Waals surface area contributed by atoms with Crippen LogP contribution in [0.15, 0.2) is 36.4 Å². The number of amides is 1. The Bertz CT molecular complexity index is 539. The van der Waals surface area contributed by atoms with Crippen LogP contribution in [0.1, 0.15) is 0 Å². The lowest BCUT2D eigenvalue weighted by atomic mass is 10.3. The molecule has 0 unspecified atom stereocenters. The second-order valence-corrected chi connectivity index (χ2v) is 5.04. The number of nitrogens with one attached hydrogen (secondary N) is 1. The van der Waals surface area contributed by atoms with Gasteiger partial charge in [0, 0.05) is 5.02 Å². The van der Waals surface area contributed by atoms with Crippen molar-refractivity contribution >= 4 is 38.8 Å². The van der Waals surface area contributed by atoms with Crippen molar-refractivity contribution < 1.29 is 9.53 Å². The normalized spacial score (nSPS) is 10.1. The third-order valence-corrected chi connectivity index (χ3v) is 3.15. The summed E-state index contributed by atoms with van der Waals surface area (Å²) in [4.78, 5) is 11.6. The van der Waals surface area contributed by atoms with Crippen LogP contribution in [-0.4, -0.2) is 12.5 Å². The summed E-state index contributed by atoms with van der Waals surface area (Å²) in [6, 6.07) is 10.3. The molecule has 0 aliphatic heterocycles. The Morgan fingerprint density at radius 1 is 1.28 bits per heavy atom. The van der Waals surface area contributed by atoms with Crippen LogP contribution in [0.3, 0.4) is 0 Å². The lowest BCUT2D eigenvalue weighted by molar-refractivity contribution is -0.118. The number of hydrogen-bond donors (Lipinski definition) is 2. The number of rotatable bonds is 4. The molecule has 94 valence electrons. The number of halogens is 1. The third kappa shape index (κ3) is 3.65. The van der Waals surface area contributed by atoms with E-state index in [1.807, 2.05) is 0 Å². The van der Waals surface area contributed by atoms with E-state index in [0.717, 1.165) is 0 Å². The van der Waals surface area contributed by atoms with Gasteiger partial charge in [-0.05, 0) is 36.4 Å². The highest BCUT2D eigenvalue weighted by molar-refractivity contribution is 7.19. The Balaban J connectivity index is 1.83. The maximum absolute atomic E-state index is 11.6. The average Bonchev–Trinajstić information content (AvgIpc) is 2.74. The number of carbonyl (C=O) groups is 1. The Morgan fingerprint density at radius 2 is 2.00 bits per heavy atom. The summed E-state index contributed by atoms with van der Waals surface area (Å²) in [5, 5.41) is 4.68. The minimum absolute atomic E-state index is 0.0561. The number of ether oxygens (including phenoxy) is 1. The van der Waals surface area contributed by atoms with Gasteiger partial charge < -0.3 is 15.8 Å². The zero-order valence-corrected chi connectivity index (χ0v) is 10.9. The molecule has 6 heteroatoms. The van der Waals surface area contributed by atoms with E-state index in [-0.39, 0.29) is 12.5 Å². The largest absolute Gasteiger partial charge is 0.484 e. The van der Waals surface area contributed by atoms with Gasteiger partial charge >= 0.3 is 0 Å². The third-order valence-electron chi connectivity index (χ3n) is 2.07. The van der Waals surface area contributed by atoms with Gasteiger partial charge in [0.15, 0.2) is 6.61 Å². The zero-order valence-electron chi connectivity index (χ0n) is 9.35. The first kappa shape index (κ1) is 12.7. The monoisotopic (exact) mass is 282 g/mol. The van der Waals surface area contributed by atoms with Crippen LogP contribution in [0.5, 0.6) is 5.75 Å². The fourth-order valence-corrected chi connectivity index (χ4v) is 2.09. The van der Waals surface area contributed by atoms with Crippen molar-refractivity contribution in [2.45, 2.75) is 0 Å². The van der Waals surface area contributed by atoms with E-state index in [1.165, 1.54) is 11.3 Å². The Labute approximate surface area is 113 Å². The van der Waals surface area contributed by atoms with Crippen molar-refractivity contribution in [3.05, 3.63) is 41.4 Å². The number of hydrogen-bond acceptors (Lipinski definition) is 4. The van der Waals surface area contributed by atoms with E-state index in [9.17, 15) is 4.79 Å². The van der Waals surface area contributed by atoms with Gasteiger partial charge in [-0.3, -0.25) is 4.79 Å². The highest BCUT2D eigenvalue weighted by Gasteiger charge is 2.05. The van der Waals surface area contributed by atoms with Crippen molar-refractivity contribution in [2.24, 2.45) is 0 Å². The molecule has 0 atom stereocenters. The predicted octanol–water partition coefficient (Wildman–Crippen LogP) is 3.00. The highest BCUT2D eigenvalue weighted by Crippen LogP contribution is 2.23. The molecule has 1 aromatic heterocycles. The number of nitrogens with two attached hydrogens (primary N) is 1. The minimum atomic E-state index is -0.230. The van der Waals surface area contributed by atoms with Crippen molar-refractivity contribution in [3.63, 3.8) is 0 Å². The van der Waals surface area contributed by atoms with Crippen molar-refractivity contribution in [3.8, 4) is 5.75 Å². The molecular weight excluding hydrogens is 272 g/mol. The smallest absolute Gasteiger partial charge is 0.262 e. The van der Waals surface area contributed by atoms with Gasteiger partial charge in [-0.1, -0.05) is 11.6 Å². The maximum atomic E-state index is 11.6. The summed E-state index contributed by atoms with van der Waals surface area (Å²) >= 11 is 7.05. The summed E-state index contributed by atoms with van der Waals surface area (Å²) in [7, 11) is 0. The molecule has 1 heterocycles. The van der Waals surface area contributed by atoms with Crippen LogP contribution in [0, 0.1) is 0 Å². The molecule has 0 aliphatic carbocycles. The van der Waals surface area contributed by atoms with Crippen LogP contribution in [0.25, 0.3) is 0 Å². The Kier molecular flexibility index (Phi) is 4.07. The van der Waals surface area contributed by atoms with Crippen LogP contribution in [0.4, 0.5) is 10.0 Å². The lowest BCUT2D eigenvalue weighted by Crippen LogP contribution is -2.19. The van der Waals surface area contributed by atoms with E-state index in [2.05, 4.69) is 5.32 Å². The number of anilines is 2. The van der Waals surface area contributed by atoms with Gasteiger partial charge in [0.05, 0.1) is 10.0 Å². The summed E-state index contributed by atoms with van der Waals surface area (Å²) in [5.74, 6) is 0.368. The number of nitrogen functional groups attached to an aromatic ring is 1. The second kappa shape index (κ2) is 5.75. The molecule has 18 heavy (non-hydrogen) atoms. The lowest BCUT2D eigenvalue weighted by Gasteiger charge is -2.05. The Morgan fingerprint density at radius 3 is 2.61 bits per heavy atom. The number of thiophene rings is 1. The molecule has 4 nitrogen and oxygen atoms in total. The SMILES string of the molecule is Nc1ccc(NC(=O)COc2ccc(Cl)cc2)s1. The van der Waals surface area contributed by atoms with Gasteiger partial charge in [-0.2, -0.15) is 0 Å². The molecule has 0 saturated heterocycles. The van der Waals surface area contributed by atoms with E-state index in [1.54, 1.807) is 36.4 Å². The quantitative estimate of drug-likeness (QED) is 0.906. The zero-order chi connectivity index (χ0) is 13.0. The first-order chi connectivity index (χ1) is 8.63. The molecule has 1 aromatic carbocycles. The molecule has 2 aromatic rings. The van der Waals surface area contributed by atoms with Crippen LogP contribution in [-0.2, 0) is 4.79 Å². The summed E-state index contributed by atoms with van der Waals surface area (Å²) in [6.07, 6.45) is 0. The predicted molar refractivity (Wildman–Crippen MR) is 74.3 cm³/mol. The topological polar surface area (TPSA) is 64.3 Å². The van der Waals surface area contributed by atoms with Gasteiger partial charge in [0.1, 0.15) is 5.75 Å². The minimum Gasteiger partial charge on any atom is -0.484 e. The van der Waals surface area contributed by atoms with Crippen molar-refractivity contribution in [2.75, 3.05) is 17.7 Å². The number of benzene rings is 1. The first-order valence-corrected chi connectivity index (χ1v) is 6.36. The van der Waals surface area contributed by atoms with E-state index >= 15 is 0 Å². The first-order valence-electron chi connectivity index (χ1n) is 5.17. The van der Waals surface area contributed by atoms with Crippen molar-refractivity contribution in [1.29, 1.82) is 0 Å². The molecule has 0 saturated carbocycles. The molecular formula is C12H11ClN2O2S. The summed E-state index contributed by atoms with van der Waals surface area (Å²) in [6.45, 7) is -0.0561. The molecule has 0 radical (unpaired) electrons. The van der Waals surface area contributed by atoms with E-state index in [0.29, 0.717) is 20.8 Å². The fraction of sp³-hybridized carbons (Fsp3) is 0.0833. The van der Waals surface area contributed by atoms with Gasteiger partial charge in [0.2, 0.25) is 0 Å². The molecule has 0 spiro atoms. The fourth-order valence-electron chi connectivity index (χ4n) is 1.27. The van der Waals surface area contributed by atoms with E-state index in [4.69, 9.17) is 22.1 Å². The van der Waals surface area contributed by atoms with Crippen LogP contribution >= 0.6 is 22.9 Å². The van der Waals surface area contributed by atoms with Crippen molar-refractivity contribution in [1.82, 2.24) is 0 Å². The standard InChI is InChI=1S/C12H11ClN2O2S/c13-8-1-3-9(4-2-8)17-7-11(16)15-12-6-5-10(14)18-12/h1-6H,7,14H2,(H,15,16). The van der Waals surface area contributed by atoms with Gasteiger partial charge in [0.25, 0.3) is 5.91 Å². The molecule has 3 N–H and O–H groups in total. The Hall–Kier alpha value is -1.72. The summed E-state index contributed by atoms with van der Waals surface area (Å²) in [5.41, 5.74) is 5.56. The maximum Gasteiger partial charge on any atom is 0.262 e. The number of carbonyl (C=O) groups excluding carboxylic acids is 1. The molecule has 0 fully saturated rings. The molecule has 0 bridgehead atoms. The van der Waals surface area contributed by atoms with E-state index < -0.39 is 0 Å². The van der Waals surface area contributed by atoms with Gasteiger partial charge in [-0.15, -0.1) is 11.3 Å². The molecule has 0 aliphatic rings.